The van der Waals surface area contributed by atoms with Crippen molar-refractivity contribution in [3.63, 3.8) is 0 Å². The van der Waals surface area contributed by atoms with Gasteiger partial charge in [-0.05, 0) is 59.7 Å². The Labute approximate surface area is 180 Å². The molecule has 0 spiro atoms. The number of rotatable bonds is 6. The van der Waals surface area contributed by atoms with Crippen LogP contribution in [0.2, 0.25) is 5.15 Å². The molecule has 5 nitrogen and oxygen atoms in total. The number of nitrogens with zero attached hydrogens (tertiary/aromatic N) is 1. The number of carbonyl (C=O) groups is 1. The number of aliphatic hydroxyl groups is 1. The van der Waals surface area contributed by atoms with Crippen LogP contribution in [-0.2, 0) is 12.8 Å². The lowest BCUT2D eigenvalue weighted by molar-refractivity contribution is 0.0697. The molecule has 30 heavy (non-hydrogen) atoms. The van der Waals surface area contributed by atoms with Crippen LogP contribution in [0.4, 0.5) is 0 Å². The van der Waals surface area contributed by atoms with Crippen LogP contribution in [0.1, 0.15) is 39.6 Å². The lowest BCUT2D eigenvalue weighted by Gasteiger charge is -2.27. The Morgan fingerprint density at radius 3 is 2.57 bits per heavy atom. The number of nitrogens with one attached hydrogen (secondary N) is 1. The Morgan fingerprint density at radius 2 is 1.87 bits per heavy atom. The van der Waals surface area contributed by atoms with Crippen molar-refractivity contribution in [3.05, 3.63) is 88.2 Å². The number of halogens is 1. The maximum atomic E-state index is 11.1. The first kappa shape index (κ1) is 20.5. The Balaban J connectivity index is 1.42. The van der Waals surface area contributed by atoms with E-state index < -0.39 is 12.1 Å². The molecule has 1 aliphatic rings. The van der Waals surface area contributed by atoms with Gasteiger partial charge in [0.25, 0.3) is 0 Å². The van der Waals surface area contributed by atoms with Gasteiger partial charge in [0.05, 0.1) is 11.7 Å². The standard InChI is InChI=1S/C24H23ClN2O3/c25-23-10-8-19(13-27-23)22(28)14-26-21-9-7-16-3-6-18(11-20(16)12-21)15-1-4-17(5-2-15)24(29)30/h1-6,8,10-11,13,21-22,26,28H,7,9,12,14H2,(H,29,30)/t21-,22-/m0/s1. The maximum absolute atomic E-state index is 11.1. The van der Waals surface area contributed by atoms with E-state index in [9.17, 15) is 9.90 Å². The van der Waals surface area contributed by atoms with E-state index in [2.05, 4.69) is 28.5 Å². The minimum atomic E-state index is -0.919. The molecule has 1 aliphatic carbocycles. The molecule has 154 valence electrons. The van der Waals surface area contributed by atoms with Gasteiger partial charge in [-0.1, -0.05) is 48.0 Å². The van der Waals surface area contributed by atoms with E-state index in [1.54, 1.807) is 30.5 Å². The van der Waals surface area contributed by atoms with Gasteiger partial charge in [-0.25, -0.2) is 9.78 Å². The number of pyridine rings is 1. The zero-order chi connectivity index (χ0) is 21.1. The van der Waals surface area contributed by atoms with Gasteiger partial charge in [0.15, 0.2) is 0 Å². The Morgan fingerprint density at radius 1 is 1.10 bits per heavy atom. The summed E-state index contributed by atoms with van der Waals surface area (Å²) in [7, 11) is 0. The summed E-state index contributed by atoms with van der Waals surface area (Å²) in [5.41, 5.74) is 5.76. The monoisotopic (exact) mass is 422 g/mol. The number of fused-ring (bicyclic) bond motifs is 1. The second-order valence-electron chi connectivity index (χ2n) is 7.64. The predicted molar refractivity (Wildman–Crippen MR) is 117 cm³/mol. The summed E-state index contributed by atoms with van der Waals surface area (Å²) in [5, 5.41) is 23.4. The molecule has 0 fully saturated rings. The predicted octanol–water partition coefficient (Wildman–Crippen LogP) is 4.28. The molecule has 2 atom stereocenters. The van der Waals surface area contributed by atoms with Crippen molar-refractivity contribution in [1.29, 1.82) is 0 Å². The molecule has 3 aromatic rings. The first-order valence-electron chi connectivity index (χ1n) is 9.98. The minimum absolute atomic E-state index is 0.287. The number of aryl methyl sites for hydroxylation is 1. The highest BCUT2D eigenvalue weighted by Gasteiger charge is 2.20. The number of benzene rings is 2. The van der Waals surface area contributed by atoms with Crippen LogP contribution < -0.4 is 5.32 Å². The summed E-state index contributed by atoms with van der Waals surface area (Å²) >= 11 is 5.81. The first-order valence-corrected chi connectivity index (χ1v) is 10.4. The molecular formula is C24H23ClN2O3. The van der Waals surface area contributed by atoms with Gasteiger partial charge in [0.1, 0.15) is 5.15 Å². The van der Waals surface area contributed by atoms with Crippen molar-refractivity contribution in [2.45, 2.75) is 31.4 Å². The maximum Gasteiger partial charge on any atom is 0.335 e. The highest BCUT2D eigenvalue weighted by molar-refractivity contribution is 6.29. The normalized spacial score (nSPS) is 16.7. The van der Waals surface area contributed by atoms with Crippen LogP contribution in [0, 0.1) is 0 Å². The van der Waals surface area contributed by atoms with E-state index in [0.29, 0.717) is 11.7 Å². The first-order chi connectivity index (χ1) is 14.5. The van der Waals surface area contributed by atoms with E-state index in [1.165, 1.54) is 11.1 Å². The zero-order valence-electron chi connectivity index (χ0n) is 16.4. The SMILES string of the molecule is O=C(O)c1ccc(-c2ccc3c(c2)C[C@@H](NC[C@H](O)c2ccc(Cl)nc2)CC3)cc1. The molecule has 0 unspecified atom stereocenters. The average Bonchev–Trinajstić information content (AvgIpc) is 2.77. The minimum Gasteiger partial charge on any atom is -0.478 e. The average molecular weight is 423 g/mol. The third-order valence-electron chi connectivity index (χ3n) is 5.63. The van der Waals surface area contributed by atoms with Gasteiger partial charge in [-0.3, -0.25) is 0 Å². The van der Waals surface area contributed by atoms with Crippen molar-refractivity contribution in [2.24, 2.45) is 0 Å². The molecule has 0 bridgehead atoms. The molecule has 1 aromatic heterocycles. The second kappa shape index (κ2) is 8.96. The van der Waals surface area contributed by atoms with E-state index in [1.807, 2.05) is 12.1 Å². The smallest absolute Gasteiger partial charge is 0.335 e. The van der Waals surface area contributed by atoms with Gasteiger partial charge in [-0.15, -0.1) is 0 Å². The van der Waals surface area contributed by atoms with Crippen molar-refractivity contribution in [1.82, 2.24) is 10.3 Å². The number of hydrogen-bond acceptors (Lipinski definition) is 4. The van der Waals surface area contributed by atoms with E-state index >= 15 is 0 Å². The highest BCUT2D eigenvalue weighted by atomic mass is 35.5. The third-order valence-corrected chi connectivity index (χ3v) is 5.86. The largest absolute Gasteiger partial charge is 0.478 e. The van der Waals surface area contributed by atoms with Crippen LogP contribution in [0.15, 0.2) is 60.8 Å². The van der Waals surface area contributed by atoms with Crippen LogP contribution in [0.5, 0.6) is 0 Å². The molecule has 0 aliphatic heterocycles. The number of carboxylic acids is 1. The fourth-order valence-electron chi connectivity index (χ4n) is 3.90. The molecular weight excluding hydrogens is 400 g/mol. The lowest BCUT2D eigenvalue weighted by Crippen LogP contribution is -2.37. The van der Waals surface area contributed by atoms with Crippen molar-refractivity contribution < 1.29 is 15.0 Å². The number of aromatic carboxylic acids is 1. The Kier molecular flexibility index (Phi) is 6.13. The molecule has 3 N–H and O–H groups in total. The number of aromatic nitrogens is 1. The van der Waals surface area contributed by atoms with Crippen LogP contribution in [0.25, 0.3) is 11.1 Å². The van der Waals surface area contributed by atoms with Gasteiger partial charge < -0.3 is 15.5 Å². The molecule has 4 rings (SSSR count). The van der Waals surface area contributed by atoms with Gasteiger partial charge in [0.2, 0.25) is 0 Å². The molecule has 0 radical (unpaired) electrons. The Hall–Kier alpha value is -2.73. The zero-order valence-corrected chi connectivity index (χ0v) is 17.1. The number of carboxylic acid groups (broad SMARTS) is 1. The van der Waals surface area contributed by atoms with Crippen LogP contribution >= 0.6 is 11.6 Å². The molecule has 0 saturated heterocycles. The van der Waals surface area contributed by atoms with E-state index in [-0.39, 0.29) is 11.6 Å². The molecule has 2 aromatic carbocycles. The van der Waals surface area contributed by atoms with Gasteiger partial charge >= 0.3 is 5.97 Å². The summed E-state index contributed by atoms with van der Waals surface area (Å²) in [6.07, 6.45) is 3.87. The van der Waals surface area contributed by atoms with Crippen LogP contribution in [0.3, 0.4) is 0 Å². The molecule has 6 heteroatoms. The molecule has 0 amide bonds. The van der Waals surface area contributed by atoms with E-state index in [0.717, 1.165) is 36.0 Å². The fraction of sp³-hybridized carbons (Fsp3) is 0.250. The van der Waals surface area contributed by atoms with Gasteiger partial charge in [-0.2, -0.15) is 0 Å². The lowest BCUT2D eigenvalue weighted by atomic mass is 9.86. The Bertz CT molecular complexity index is 1040. The van der Waals surface area contributed by atoms with E-state index in [4.69, 9.17) is 16.7 Å². The van der Waals surface area contributed by atoms with Crippen molar-refractivity contribution in [3.8, 4) is 11.1 Å². The summed E-state index contributed by atoms with van der Waals surface area (Å²) in [6.45, 7) is 0.458. The van der Waals surface area contributed by atoms with Crippen molar-refractivity contribution in [2.75, 3.05) is 6.54 Å². The summed E-state index contributed by atoms with van der Waals surface area (Å²) in [4.78, 5) is 15.1. The fourth-order valence-corrected chi connectivity index (χ4v) is 4.01. The van der Waals surface area contributed by atoms with Gasteiger partial charge in [0, 0.05) is 24.3 Å². The van der Waals surface area contributed by atoms with Crippen LogP contribution in [-0.4, -0.2) is 33.8 Å². The summed E-state index contributed by atoms with van der Waals surface area (Å²) < 4.78 is 0. The summed E-state index contributed by atoms with van der Waals surface area (Å²) in [6, 6.07) is 17.2. The topological polar surface area (TPSA) is 82.5 Å². The highest BCUT2D eigenvalue weighted by Crippen LogP contribution is 2.28. The number of hydrogen-bond donors (Lipinski definition) is 3. The third kappa shape index (κ3) is 4.70. The second-order valence-corrected chi connectivity index (χ2v) is 8.03. The summed E-state index contributed by atoms with van der Waals surface area (Å²) in [5.74, 6) is -0.919. The molecule has 0 saturated carbocycles. The quantitative estimate of drug-likeness (QED) is 0.516. The van der Waals surface area contributed by atoms with Crippen molar-refractivity contribution >= 4 is 17.6 Å². The number of aliphatic hydroxyl groups excluding tert-OH is 1. The molecule has 1 heterocycles.